The number of carboxylic acid groups (broad SMARTS) is 1. The van der Waals surface area contributed by atoms with Gasteiger partial charge in [-0.3, -0.25) is 4.79 Å². The van der Waals surface area contributed by atoms with Crippen LogP contribution in [0.15, 0.2) is 22.0 Å². The van der Waals surface area contributed by atoms with Crippen LogP contribution in [-0.4, -0.2) is 29.8 Å². The highest BCUT2D eigenvalue weighted by atomic mass is 79.9. The molecule has 130 valence electrons. The third-order valence-corrected chi connectivity index (χ3v) is 4.88. The zero-order valence-electron chi connectivity index (χ0n) is 13.7. The molecular weight excluding hydrogens is 394 g/mol. The molecule has 0 bridgehead atoms. The monoisotopic (exact) mass is 413 g/mol. The number of hydrogen-bond donors (Lipinski definition) is 1. The molecule has 24 heavy (non-hydrogen) atoms. The summed E-state index contributed by atoms with van der Waals surface area (Å²) in [6, 6.07) is 3.78. The number of aliphatic carboxylic acids is 1. The molecule has 7 heteroatoms. The van der Waals surface area contributed by atoms with Gasteiger partial charge in [0, 0.05) is 10.9 Å². The molecule has 0 fully saturated rings. The lowest BCUT2D eigenvalue weighted by atomic mass is 10.2. The number of ether oxygens (including phenoxy) is 2. The number of benzene rings is 1. The Morgan fingerprint density at radius 2 is 2.17 bits per heavy atom. The van der Waals surface area contributed by atoms with E-state index < -0.39 is 5.97 Å². The maximum Gasteiger partial charge on any atom is 0.309 e. The number of rotatable bonds is 9. The average Bonchev–Trinajstić information content (AvgIpc) is 3.00. The maximum atomic E-state index is 10.8. The van der Waals surface area contributed by atoms with Crippen molar-refractivity contribution >= 4 is 33.2 Å². The van der Waals surface area contributed by atoms with Gasteiger partial charge in [0.05, 0.1) is 30.3 Å². The van der Waals surface area contributed by atoms with E-state index in [2.05, 4.69) is 27.8 Å². The van der Waals surface area contributed by atoms with Gasteiger partial charge in [0.15, 0.2) is 11.5 Å². The quantitative estimate of drug-likeness (QED) is 0.599. The molecule has 0 spiro atoms. The molecule has 0 atom stereocenters. The molecule has 0 aliphatic rings. The van der Waals surface area contributed by atoms with Crippen LogP contribution in [-0.2, 0) is 11.2 Å². The Hall–Kier alpha value is -1.60. The number of hydrogen-bond acceptors (Lipinski definition) is 5. The van der Waals surface area contributed by atoms with E-state index >= 15 is 0 Å². The van der Waals surface area contributed by atoms with E-state index in [0.717, 1.165) is 34.3 Å². The summed E-state index contributed by atoms with van der Waals surface area (Å²) in [5.41, 5.74) is 1.42. The van der Waals surface area contributed by atoms with E-state index in [4.69, 9.17) is 14.6 Å². The summed E-state index contributed by atoms with van der Waals surface area (Å²) < 4.78 is 12.1. The fourth-order valence-corrected chi connectivity index (χ4v) is 3.55. The third-order valence-electron chi connectivity index (χ3n) is 3.35. The lowest BCUT2D eigenvalue weighted by Gasteiger charge is -2.13. The predicted molar refractivity (Wildman–Crippen MR) is 98.2 cm³/mol. The predicted octanol–water partition coefficient (Wildman–Crippen LogP) is 4.78. The molecule has 1 aromatic heterocycles. The minimum Gasteiger partial charge on any atom is -0.493 e. The van der Waals surface area contributed by atoms with E-state index in [1.807, 2.05) is 12.1 Å². The Morgan fingerprint density at radius 3 is 2.83 bits per heavy atom. The minimum atomic E-state index is -0.888. The highest BCUT2D eigenvalue weighted by Gasteiger charge is 2.15. The average molecular weight is 414 g/mol. The largest absolute Gasteiger partial charge is 0.493 e. The van der Waals surface area contributed by atoms with Crippen LogP contribution in [0.2, 0.25) is 0 Å². The molecule has 2 rings (SSSR count). The Bertz CT molecular complexity index is 702. The highest BCUT2D eigenvalue weighted by Crippen LogP contribution is 2.40. The second kappa shape index (κ2) is 9.03. The molecule has 5 nitrogen and oxygen atoms in total. The second-order valence-electron chi connectivity index (χ2n) is 5.26. The Morgan fingerprint density at radius 1 is 1.38 bits per heavy atom. The number of thiazole rings is 1. The molecule has 0 saturated carbocycles. The topological polar surface area (TPSA) is 68.7 Å². The van der Waals surface area contributed by atoms with E-state index in [-0.39, 0.29) is 6.42 Å². The van der Waals surface area contributed by atoms with Crippen molar-refractivity contribution in [1.29, 1.82) is 0 Å². The van der Waals surface area contributed by atoms with E-state index in [1.165, 1.54) is 11.3 Å². The summed E-state index contributed by atoms with van der Waals surface area (Å²) in [4.78, 5) is 15.2. The summed E-state index contributed by atoms with van der Waals surface area (Å²) in [5.74, 6) is 0.423. The first-order valence-corrected chi connectivity index (χ1v) is 9.39. The van der Waals surface area contributed by atoms with E-state index in [1.54, 1.807) is 12.5 Å². The first kappa shape index (κ1) is 18.7. The summed E-state index contributed by atoms with van der Waals surface area (Å²) in [7, 11) is 1.60. The van der Waals surface area contributed by atoms with Gasteiger partial charge < -0.3 is 14.6 Å². The number of carboxylic acids is 1. The van der Waals surface area contributed by atoms with Crippen molar-refractivity contribution in [2.75, 3.05) is 13.7 Å². The maximum absolute atomic E-state index is 10.8. The molecule has 0 radical (unpaired) electrons. The summed E-state index contributed by atoms with van der Waals surface area (Å²) in [6.45, 7) is 2.79. The van der Waals surface area contributed by atoms with Gasteiger partial charge in [-0.2, -0.15) is 0 Å². The first-order valence-electron chi connectivity index (χ1n) is 7.72. The summed E-state index contributed by atoms with van der Waals surface area (Å²) in [5, 5.41) is 11.4. The van der Waals surface area contributed by atoms with Gasteiger partial charge >= 0.3 is 5.97 Å². The van der Waals surface area contributed by atoms with Crippen LogP contribution < -0.4 is 9.47 Å². The van der Waals surface area contributed by atoms with Crippen molar-refractivity contribution in [3.8, 4) is 22.1 Å². The highest BCUT2D eigenvalue weighted by molar-refractivity contribution is 9.10. The van der Waals surface area contributed by atoms with Crippen molar-refractivity contribution in [3.63, 3.8) is 0 Å². The fraction of sp³-hybridized carbons (Fsp3) is 0.412. The SMILES string of the molecule is CCCCCOc1c(Br)cc(-c2nc(CC(=O)O)cs2)cc1OC. The standard InChI is InChI=1S/C17H20BrNO4S/c1-3-4-5-6-23-16-13(18)7-11(8-14(16)22-2)17-19-12(10-24-17)9-15(20)21/h7-8,10H,3-6,9H2,1-2H3,(H,20,21). The van der Waals surface area contributed by atoms with Crippen molar-refractivity contribution < 1.29 is 19.4 Å². The van der Waals surface area contributed by atoms with Gasteiger partial charge in [-0.1, -0.05) is 19.8 Å². The van der Waals surface area contributed by atoms with Crippen LogP contribution in [0.1, 0.15) is 31.9 Å². The van der Waals surface area contributed by atoms with Gasteiger partial charge in [-0.05, 0) is 34.5 Å². The molecule has 1 aromatic carbocycles. The van der Waals surface area contributed by atoms with Crippen molar-refractivity contribution in [3.05, 3.63) is 27.7 Å². The van der Waals surface area contributed by atoms with E-state index in [0.29, 0.717) is 23.8 Å². The van der Waals surface area contributed by atoms with Crippen LogP contribution in [0.3, 0.4) is 0 Å². The molecule has 1 heterocycles. The van der Waals surface area contributed by atoms with Crippen molar-refractivity contribution in [1.82, 2.24) is 4.98 Å². The van der Waals surface area contributed by atoms with Gasteiger partial charge in [0.2, 0.25) is 0 Å². The lowest BCUT2D eigenvalue weighted by molar-refractivity contribution is -0.136. The van der Waals surface area contributed by atoms with Crippen LogP contribution in [0.5, 0.6) is 11.5 Å². The van der Waals surface area contributed by atoms with Crippen LogP contribution in [0, 0.1) is 0 Å². The third kappa shape index (κ3) is 4.95. The molecule has 0 amide bonds. The number of aromatic nitrogens is 1. The van der Waals surface area contributed by atoms with Crippen LogP contribution >= 0.6 is 27.3 Å². The minimum absolute atomic E-state index is 0.0760. The second-order valence-corrected chi connectivity index (χ2v) is 6.97. The van der Waals surface area contributed by atoms with Crippen LogP contribution in [0.4, 0.5) is 0 Å². The van der Waals surface area contributed by atoms with Gasteiger partial charge in [0.25, 0.3) is 0 Å². The van der Waals surface area contributed by atoms with E-state index in [9.17, 15) is 4.79 Å². The molecular formula is C17H20BrNO4S. The Kier molecular flexibility index (Phi) is 7.05. The fourth-order valence-electron chi connectivity index (χ4n) is 2.19. The van der Waals surface area contributed by atoms with Gasteiger partial charge in [-0.15, -0.1) is 11.3 Å². The zero-order chi connectivity index (χ0) is 17.5. The number of carbonyl (C=O) groups is 1. The molecule has 0 aliphatic heterocycles. The van der Waals surface area contributed by atoms with Crippen molar-refractivity contribution in [2.24, 2.45) is 0 Å². The number of nitrogens with zero attached hydrogens (tertiary/aromatic N) is 1. The van der Waals surface area contributed by atoms with Crippen LogP contribution in [0.25, 0.3) is 10.6 Å². The molecule has 0 unspecified atom stereocenters. The summed E-state index contributed by atoms with van der Waals surface area (Å²) >= 11 is 4.94. The molecule has 0 saturated heterocycles. The molecule has 2 aromatic rings. The van der Waals surface area contributed by atoms with Gasteiger partial charge in [-0.25, -0.2) is 4.98 Å². The zero-order valence-corrected chi connectivity index (χ0v) is 16.1. The normalized spacial score (nSPS) is 10.6. The molecule has 0 aliphatic carbocycles. The summed E-state index contributed by atoms with van der Waals surface area (Å²) in [6.07, 6.45) is 3.19. The Labute approximate surface area is 153 Å². The number of methoxy groups -OCH3 is 1. The van der Waals surface area contributed by atoms with Gasteiger partial charge in [0.1, 0.15) is 5.01 Å². The smallest absolute Gasteiger partial charge is 0.309 e. The number of unbranched alkanes of at least 4 members (excludes halogenated alkanes) is 2. The molecule has 1 N–H and O–H groups in total. The first-order chi connectivity index (χ1) is 11.5. The Balaban J connectivity index is 2.21. The van der Waals surface area contributed by atoms with Crippen molar-refractivity contribution in [2.45, 2.75) is 32.6 Å². The number of halogens is 1. The lowest BCUT2D eigenvalue weighted by Crippen LogP contribution is -2.01.